The van der Waals surface area contributed by atoms with Gasteiger partial charge >= 0.3 is 0 Å². The number of nitrogens with zero attached hydrogens (tertiary/aromatic N) is 3. The molecule has 5 nitrogen and oxygen atoms in total. The second-order valence-electron chi connectivity index (χ2n) is 6.11. The molecule has 0 unspecified atom stereocenters. The van der Waals surface area contributed by atoms with Crippen LogP contribution in [0.1, 0.15) is 31.2 Å². The molecule has 0 atom stereocenters. The number of aryl methyl sites for hydroxylation is 1. The van der Waals surface area contributed by atoms with Crippen LogP contribution in [-0.4, -0.2) is 37.0 Å². The van der Waals surface area contributed by atoms with E-state index in [0.717, 1.165) is 31.6 Å². The maximum Gasteiger partial charge on any atom is 0.178 e. The van der Waals surface area contributed by atoms with Crippen LogP contribution < -0.4 is 4.90 Å². The van der Waals surface area contributed by atoms with Crippen LogP contribution in [0.2, 0.25) is 0 Å². The molecule has 2 aromatic rings. The van der Waals surface area contributed by atoms with E-state index in [1.54, 1.807) is 19.1 Å². The minimum absolute atomic E-state index is 0.142. The Hall–Kier alpha value is -1.82. The Balaban J connectivity index is 1.66. The molecule has 23 heavy (non-hydrogen) atoms. The van der Waals surface area contributed by atoms with Crippen LogP contribution in [0.4, 0.5) is 5.69 Å². The van der Waals surface area contributed by atoms with E-state index in [1.165, 1.54) is 5.56 Å². The molecule has 1 aliphatic heterocycles. The zero-order valence-electron chi connectivity index (χ0n) is 13.6. The molecular weight excluding hydrogens is 310 g/mol. The van der Waals surface area contributed by atoms with Gasteiger partial charge in [-0.25, -0.2) is 8.42 Å². The summed E-state index contributed by atoms with van der Waals surface area (Å²) in [5, 5.41) is 4.26. The molecular formula is C17H23N3O2S. The largest absolute Gasteiger partial charge is 0.371 e. The number of sulfone groups is 1. The fraction of sp³-hybridized carbons (Fsp3) is 0.471. The number of piperidine rings is 1. The van der Waals surface area contributed by atoms with Gasteiger partial charge in [0, 0.05) is 32.0 Å². The number of anilines is 1. The van der Waals surface area contributed by atoms with Crippen molar-refractivity contribution in [2.45, 2.75) is 30.6 Å². The van der Waals surface area contributed by atoms with Gasteiger partial charge in [-0.2, -0.15) is 5.10 Å². The summed E-state index contributed by atoms with van der Waals surface area (Å²) >= 11 is 0. The molecule has 3 rings (SSSR count). The van der Waals surface area contributed by atoms with Gasteiger partial charge in [-0.15, -0.1) is 0 Å². The molecule has 0 saturated carbocycles. The summed E-state index contributed by atoms with van der Waals surface area (Å²) in [4.78, 5) is 2.74. The Labute approximate surface area is 137 Å². The van der Waals surface area contributed by atoms with Gasteiger partial charge in [-0.05, 0) is 48.6 Å². The molecule has 1 saturated heterocycles. The lowest BCUT2D eigenvalue weighted by Crippen LogP contribution is -2.32. The molecule has 1 aromatic carbocycles. The fourth-order valence-electron chi connectivity index (χ4n) is 3.15. The van der Waals surface area contributed by atoms with E-state index < -0.39 is 9.84 Å². The van der Waals surface area contributed by atoms with Gasteiger partial charge in [0.25, 0.3) is 0 Å². The molecule has 0 radical (unpaired) electrons. The third-order valence-electron chi connectivity index (χ3n) is 4.63. The van der Waals surface area contributed by atoms with Crippen LogP contribution in [0, 0.1) is 0 Å². The minimum atomic E-state index is -3.12. The van der Waals surface area contributed by atoms with E-state index in [1.807, 2.05) is 30.1 Å². The van der Waals surface area contributed by atoms with Crippen LogP contribution in [0.15, 0.2) is 41.6 Å². The van der Waals surface area contributed by atoms with Crippen molar-refractivity contribution >= 4 is 15.5 Å². The number of hydrogen-bond acceptors (Lipinski definition) is 4. The Morgan fingerprint density at radius 3 is 2.35 bits per heavy atom. The zero-order valence-corrected chi connectivity index (χ0v) is 14.5. The van der Waals surface area contributed by atoms with E-state index in [4.69, 9.17) is 0 Å². The van der Waals surface area contributed by atoms with Crippen molar-refractivity contribution in [3.63, 3.8) is 0 Å². The van der Waals surface area contributed by atoms with E-state index in [-0.39, 0.29) is 5.75 Å². The monoisotopic (exact) mass is 333 g/mol. The number of rotatable bonds is 4. The van der Waals surface area contributed by atoms with Crippen molar-refractivity contribution in [2.75, 3.05) is 23.7 Å². The van der Waals surface area contributed by atoms with E-state index >= 15 is 0 Å². The SMILES string of the molecule is CCS(=O)(=O)c1ccc(N2CCC(c3cnn(C)c3)CC2)cc1. The van der Waals surface area contributed by atoms with Gasteiger partial charge in [-0.1, -0.05) is 6.92 Å². The average molecular weight is 333 g/mol. The summed E-state index contributed by atoms with van der Waals surface area (Å²) in [5.41, 5.74) is 2.42. The van der Waals surface area contributed by atoms with Crippen LogP contribution in [0.3, 0.4) is 0 Å². The smallest absolute Gasteiger partial charge is 0.178 e. The molecule has 1 aromatic heterocycles. The van der Waals surface area contributed by atoms with Crippen LogP contribution >= 0.6 is 0 Å². The first-order valence-electron chi connectivity index (χ1n) is 8.06. The predicted octanol–water partition coefficient (Wildman–Crippen LogP) is 2.60. The lowest BCUT2D eigenvalue weighted by Gasteiger charge is -2.33. The molecule has 0 amide bonds. The van der Waals surface area contributed by atoms with Crippen LogP contribution in [-0.2, 0) is 16.9 Å². The van der Waals surface area contributed by atoms with E-state index in [0.29, 0.717) is 10.8 Å². The second kappa shape index (κ2) is 6.35. The van der Waals surface area contributed by atoms with Gasteiger partial charge < -0.3 is 4.90 Å². The quantitative estimate of drug-likeness (QED) is 0.863. The summed E-state index contributed by atoms with van der Waals surface area (Å²) < 4.78 is 25.6. The highest BCUT2D eigenvalue weighted by molar-refractivity contribution is 7.91. The molecule has 6 heteroatoms. The zero-order chi connectivity index (χ0) is 16.4. The lowest BCUT2D eigenvalue weighted by atomic mass is 9.91. The summed E-state index contributed by atoms with van der Waals surface area (Å²) in [6, 6.07) is 7.29. The van der Waals surface area contributed by atoms with Gasteiger partial charge in [0.1, 0.15) is 0 Å². The van der Waals surface area contributed by atoms with E-state index in [2.05, 4.69) is 16.2 Å². The maximum absolute atomic E-state index is 11.9. The summed E-state index contributed by atoms with van der Waals surface area (Å²) in [6.45, 7) is 3.64. The highest BCUT2D eigenvalue weighted by Gasteiger charge is 2.22. The van der Waals surface area contributed by atoms with Crippen molar-refractivity contribution in [1.29, 1.82) is 0 Å². The van der Waals surface area contributed by atoms with Crippen molar-refractivity contribution in [1.82, 2.24) is 9.78 Å². The van der Waals surface area contributed by atoms with Crippen LogP contribution in [0.5, 0.6) is 0 Å². The third kappa shape index (κ3) is 3.42. The van der Waals surface area contributed by atoms with Crippen molar-refractivity contribution in [3.8, 4) is 0 Å². The van der Waals surface area contributed by atoms with Gasteiger partial charge in [0.05, 0.1) is 16.8 Å². The number of aromatic nitrogens is 2. The molecule has 1 fully saturated rings. The topological polar surface area (TPSA) is 55.2 Å². The molecule has 0 bridgehead atoms. The first kappa shape index (κ1) is 16.1. The van der Waals surface area contributed by atoms with Gasteiger partial charge in [0.15, 0.2) is 9.84 Å². The maximum atomic E-state index is 11.9. The highest BCUT2D eigenvalue weighted by Crippen LogP contribution is 2.30. The van der Waals surface area contributed by atoms with Crippen molar-refractivity contribution in [2.24, 2.45) is 7.05 Å². The summed E-state index contributed by atoms with van der Waals surface area (Å²) in [6.07, 6.45) is 6.26. The molecule has 0 spiro atoms. The highest BCUT2D eigenvalue weighted by atomic mass is 32.2. The Morgan fingerprint density at radius 1 is 1.17 bits per heavy atom. The van der Waals surface area contributed by atoms with Crippen LogP contribution in [0.25, 0.3) is 0 Å². The Morgan fingerprint density at radius 2 is 1.83 bits per heavy atom. The minimum Gasteiger partial charge on any atom is -0.371 e. The average Bonchev–Trinajstić information content (AvgIpc) is 3.02. The number of benzene rings is 1. The third-order valence-corrected chi connectivity index (χ3v) is 6.38. The van der Waals surface area contributed by atoms with Gasteiger partial charge in [0.2, 0.25) is 0 Å². The van der Waals surface area contributed by atoms with Crippen molar-refractivity contribution in [3.05, 3.63) is 42.2 Å². The molecule has 1 aliphatic rings. The molecule has 0 N–H and O–H groups in total. The van der Waals surface area contributed by atoms with Crippen molar-refractivity contribution < 1.29 is 8.42 Å². The first-order chi connectivity index (χ1) is 11.0. The molecule has 124 valence electrons. The molecule has 2 heterocycles. The predicted molar refractivity (Wildman–Crippen MR) is 91.6 cm³/mol. The number of hydrogen-bond donors (Lipinski definition) is 0. The fourth-order valence-corrected chi connectivity index (χ4v) is 4.04. The Bertz CT molecular complexity index is 757. The lowest BCUT2D eigenvalue weighted by molar-refractivity contribution is 0.505. The van der Waals surface area contributed by atoms with Gasteiger partial charge in [-0.3, -0.25) is 4.68 Å². The second-order valence-corrected chi connectivity index (χ2v) is 8.38. The standard InChI is InChI=1S/C17H23N3O2S/c1-3-23(21,22)17-6-4-16(5-7-17)20-10-8-14(9-11-20)15-12-18-19(2)13-15/h4-7,12-14H,3,8-11H2,1-2H3. The normalized spacial score (nSPS) is 16.7. The Kier molecular flexibility index (Phi) is 4.43. The summed E-state index contributed by atoms with van der Waals surface area (Å²) in [5.74, 6) is 0.711. The summed E-state index contributed by atoms with van der Waals surface area (Å²) in [7, 11) is -1.17. The molecule has 0 aliphatic carbocycles. The first-order valence-corrected chi connectivity index (χ1v) is 9.71. The van der Waals surface area contributed by atoms with E-state index in [9.17, 15) is 8.42 Å².